The smallest absolute Gasteiger partial charge is 0.307 e. The topological polar surface area (TPSA) is 67.6 Å². The number of benzene rings is 1. The number of halogens is 2. The van der Waals surface area contributed by atoms with Crippen molar-refractivity contribution in [1.29, 1.82) is 0 Å². The van der Waals surface area contributed by atoms with Gasteiger partial charge in [-0.1, -0.05) is 6.07 Å². The molecule has 1 aliphatic rings. The molecule has 0 amide bonds. The van der Waals surface area contributed by atoms with Crippen LogP contribution in [-0.2, 0) is 9.53 Å². The summed E-state index contributed by atoms with van der Waals surface area (Å²) in [4.78, 5) is 18.1. The molecule has 160 valence electrons. The fraction of sp³-hybridized carbons (Fsp3) is 0.227. The number of nitrogens with zero attached hydrogens (tertiary/aromatic N) is 2. The lowest BCUT2D eigenvalue weighted by Gasteiger charge is -2.25. The van der Waals surface area contributed by atoms with E-state index in [0.717, 1.165) is 11.3 Å². The zero-order valence-corrected chi connectivity index (χ0v) is 19.0. The van der Waals surface area contributed by atoms with Crippen LogP contribution >= 0.6 is 28.1 Å². The molecule has 6 nitrogen and oxygen atoms in total. The molecule has 0 radical (unpaired) electrons. The highest BCUT2D eigenvalue weighted by atomic mass is 79.9. The Hall–Kier alpha value is -2.78. The molecule has 4 rings (SSSR count). The van der Waals surface area contributed by atoms with Crippen molar-refractivity contribution in [3.8, 4) is 11.3 Å². The van der Waals surface area contributed by atoms with Crippen molar-refractivity contribution in [3.63, 3.8) is 0 Å². The molecule has 1 N–H and O–H groups in total. The SMILES string of the molecule is COC(=O)CCN1C(=S)N[C@H](c2ccccn2)[C@@H]1c1ccc(-c2ccc(F)cc2Br)o1. The van der Waals surface area contributed by atoms with E-state index in [1.54, 1.807) is 12.3 Å². The first kappa shape index (κ1) is 21.5. The molecule has 0 spiro atoms. The lowest BCUT2D eigenvalue weighted by Crippen LogP contribution is -2.31. The summed E-state index contributed by atoms with van der Waals surface area (Å²) in [5.41, 5.74) is 1.54. The number of carbonyl (C=O) groups is 1. The molecule has 31 heavy (non-hydrogen) atoms. The van der Waals surface area contributed by atoms with Gasteiger partial charge in [-0.2, -0.15) is 0 Å². The third-order valence-electron chi connectivity index (χ3n) is 5.10. The highest BCUT2D eigenvalue weighted by molar-refractivity contribution is 9.10. The van der Waals surface area contributed by atoms with Crippen LogP contribution in [0.2, 0.25) is 0 Å². The average molecular weight is 504 g/mol. The van der Waals surface area contributed by atoms with Crippen molar-refractivity contribution in [2.75, 3.05) is 13.7 Å². The maximum atomic E-state index is 13.5. The van der Waals surface area contributed by atoms with Crippen molar-refractivity contribution in [3.05, 3.63) is 76.5 Å². The van der Waals surface area contributed by atoms with Gasteiger partial charge < -0.3 is 19.4 Å². The summed E-state index contributed by atoms with van der Waals surface area (Å²) in [5, 5.41) is 3.81. The summed E-state index contributed by atoms with van der Waals surface area (Å²) in [6, 6.07) is 13.2. The van der Waals surface area contributed by atoms with E-state index >= 15 is 0 Å². The molecule has 1 saturated heterocycles. The van der Waals surface area contributed by atoms with Gasteiger partial charge in [-0.15, -0.1) is 0 Å². The van der Waals surface area contributed by atoms with Crippen LogP contribution in [-0.4, -0.2) is 34.6 Å². The van der Waals surface area contributed by atoms with Crippen LogP contribution in [0.4, 0.5) is 4.39 Å². The molecule has 2 atom stereocenters. The first-order chi connectivity index (χ1) is 15.0. The first-order valence-electron chi connectivity index (χ1n) is 9.58. The predicted molar refractivity (Wildman–Crippen MR) is 121 cm³/mol. The second-order valence-electron chi connectivity index (χ2n) is 6.97. The molecule has 2 aromatic heterocycles. The third kappa shape index (κ3) is 4.47. The number of hydrogen-bond donors (Lipinski definition) is 1. The molecule has 1 aromatic carbocycles. The summed E-state index contributed by atoms with van der Waals surface area (Å²) >= 11 is 8.95. The Morgan fingerprint density at radius 2 is 2.16 bits per heavy atom. The molecular weight excluding hydrogens is 485 g/mol. The largest absolute Gasteiger partial charge is 0.469 e. The Bertz CT molecular complexity index is 1110. The quantitative estimate of drug-likeness (QED) is 0.383. The molecule has 1 fully saturated rings. The molecule has 0 aliphatic carbocycles. The standard InChI is InChI=1S/C22H19BrFN3O3S/c1-29-19(28)9-11-27-21(20(26-22(27)31)16-4-2-3-10-25-16)18-8-7-17(30-18)14-6-5-13(24)12-15(14)23/h2-8,10,12,20-21H,9,11H2,1H3,(H,26,31)/t20-,21+/m1/s1. The van der Waals surface area contributed by atoms with Gasteiger partial charge in [-0.3, -0.25) is 9.78 Å². The fourth-order valence-electron chi connectivity index (χ4n) is 3.61. The maximum Gasteiger partial charge on any atom is 0.307 e. The van der Waals surface area contributed by atoms with Crippen LogP contribution in [0.5, 0.6) is 0 Å². The van der Waals surface area contributed by atoms with Gasteiger partial charge in [0.1, 0.15) is 23.4 Å². The molecule has 9 heteroatoms. The van der Waals surface area contributed by atoms with Crippen LogP contribution in [0.15, 0.2) is 63.6 Å². The fourth-order valence-corrected chi connectivity index (χ4v) is 4.49. The second-order valence-corrected chi connectivity index (χ2v) is 8.21. The highest BCUT2D eigenvalue weighted by Gasteiger charge is 2.41. The number of methoxy groups -OCH3 is 1. The van der Waals surface area contributed by atoms with Crippen molar-refractivity contribution in [2.45, 2.75) is 18.5 Å². The van der Waals surface area contributed by atoms with Crippen LogP contribution < -0.4 is 5.32 Å². The molecular formula is C22H19BrFN3O3S. The summed E-state index contributed by atoms with van der Waals surface area (Å²) < 4.78 is 25.1. The van der Waals surface area contributed by atoms with Gasteiger partial charge in [0.2, 0.25) is 0 Å². The van der Waals surface area contributed by atoms with Crippen molar-refractivity contribution >= 4 is 39.2 Å². The normalized spacial score (nSPS) is 18.2. The van der Waals surface area contributed by atoms with Gasteiger partial charge in [-0.25, -0.2) is 4.39 Å². The minimum atomic E-state index is -0.336. The predicted octanol–water partition coefficient (Wildman–Crippen LogP) is 4.78. The van der Waals surface area contributed by atoms with E-state index < -0.39 is 0 Å². The van der Waals surface area contributed by atoms with E-state index in [0.29, 0.717) is 27.7 Å². The Kier molecular flexibility index (Phi) is 6.33. The summed E-state index contributed by atoms with van der Waals surface area (Å²) in [6.45, 7) is 0.364. The molecule has 3 heterocycles. The van der Waals surface area contributed by atoms with Gasteiger partial charge in [0.15, 0.2) is 5.11 Å². The number of aromatic nitrogens is 1. The molecule has 0 unspecified atom stereocenters. The molecule has 0 saturated carbocycles. The Morgan fingerprint density at radius 3 is 2.87 bits per heavy atom. The average Bonchev–Trinajstić information content (AvgIpc) is 3.37. The lowest BCUT2D eigenvalue weighted by molar-refractivity contribution is -0.140. The van der Waals surface area contributed by atoms with Crippen molar-refractivity contribution < 1.29 is 18.3 Å². The van der Waals surface area contributed by atoms with Gasteiger partial charge in [0.25, 0.3) is 0 Å². The van der Waals surface area contributed by atoms with Crippen molar-refractivity contribution in [2.24, 2.45) is 0 Å². The number of rotatable bonds is 6. The van der Waals surface area contributed by atoms with E-state index in [2.05, 4.69) is 26.2 Å². The number of hydrogen-bond acceptors (Lipinski definition) is 5. The van der Waals surface area contributed by atoms with E-state index in [-0.39, 0.29) is 30.3 Å². The third-order valence-corrected chi connectivity index (χ3v) is 6.11. The van der Waals surface area contributed by atoms with Gasteiger partial charge in [-0.05, 0) is 70.6 Å². The zero-order chi connectivity index (χ0) is 22.0. The van der Waals surface area contributed by atoms with Crippen LogP contribution in [0.1, 0.15) is 30.0 Å². The van der Waals surface area contributed by atoms with Crippen molar-refractivity contribution in [1.82, 2.24) is 15.2 Å². The summed E-state index contributed by atoms with van der Waals surface area (Å²) in [7, 11) is 1.36. The molecule has 1 aliphatic heterocycles. The van der Waals surface area contributed by atoms with Crippen LogP contribution in [0.25, 0.3) is 11.3 Å². The van der Waals surface area contributed by atoms with E-state index in [9.17, 15) is 9.18 Å². The molecule has 0 bridgehead atoms. The second kappa shape index (κ2) is 9.15. The maximum absolute atomic E-state index is 13.5. The number of thiocarbonyl (C=S) groups is 1. The lowest BCUT2D eigenvalue weighted by atomic mass is 10.0. The molecule has 3 aromatic rings. The van der Waals surface area contributed by atoms with Crippen LogP contribution in [0.3, 0.4) is 0 Å². The van der Waals surface area contributed by atoms with E-state index in [4.69, 9.17) is 21.4 Å². The highest BCUT2D eigenvalue weighted by Crippen LogP contribution is 2.41. The van der Waals surface area contributed by atoms with E-state index in [1.165, 1.54) is 19.2 Å². The van der Waals surface area contributed by atoms with Gasteiger partial charge in [0, 0.05) is 22.8 Å². The monoisotopic (exact) mass is 503 g/mol. The number of furan rings is 1. The minimum absolute atomic E-state index is 0.181. The number of esters is 1. The number of carbonyl (C=O) groups excluding carboxylic acids is 1. The number of pyridine rings is 1. The van der Waals surface area contributed by atoms with Gasteiger partial charge in [0.05, 0.1) is 25.3 Å². The number of ether oxygens (including phenoxy) is 1. The summed E-state index contributed by atoms with van der Waals surface area (Å²) in [6.07, 6.45) is 1.90. The Morgan fingerprint density at radius 1 is 1.32 bits per heavy atom. The Labute approximate surface area is 192 Å². The van der Waals surface area contributed by atoms with E-state index in [1.807, 2.05) is 35.2 Å². The Balaban J connectivity index is 1.70. The van der Waals surface area contributed by atoms with Crippen LogP contribution in [0, 0.1) is 5.82 Å². The first-order valence-corrected chi connectivity index (χ1v) is 10.8. The zero-order valence-electron chi connectivity index (χ0n) is 16.5. The number of nitrogens with one attached hydrogen (secondary N) is 1. The van der Waals surface area contributed by atoms with Gasteiger partial charge >= 0.3 is 5.97 Å². The summed E-state index contributed by atoms with van der Waals surface area (Å²) in [5.74, 6) is 0.585. The minimum Gasteiger partial charge on any atom is -0.469 e.